The maximum absolute atomic E-state index is 13.3. The number of hydrogen-bond acceptors (Lipinski definition) is 35. The minimum atomic E-state index is -2.38. The number of aliphatic hydroxyl groups excluding tert-OH is 19. The molecule has 0 aliphatic carbocycles. The zero-order valence-corrected chi connectivity index (χ0v) is 46.5. The van der Waals surface area contributed by atoms with Crippen LogP contribution < -0.4 is 16.0 Å². The fourth-order valence-corrected chi connectivity index (χ4v) is 11.0. The number of amides is 3. The van der Waals surface area contributed by atoms with Gasteiger partial charge < -0.3 is 175 Å². The zero-order valence-electron chi connectivity index (χ0n) is 46.5. The van der Waals surface area contributed by atoms with Crippen LogP contribution in [0.3, 0.4) is 0 Å². The number of aliphatic hydroxyl groups is 19. The van der Waals surface area contributed by atoms with Crippen molar-refractivity contribution < 1.29 is 173 Å². The first-order valence-corrected chi connectivity index (χ1v) is 27.5. The van der Waals surface area contributed by atoms with E-state index in [4.69, 9.17) is 61.6 Å². The second-order valence-electron chi connectivity index (χ2n) is 21.8. The zero-order chi connectivity index (χ0) is 63.5. The molecule has 0 aromatic carbocycles. The van der Waals surface area contributed by atoms with Gasteiger partial charge in [0.1, 0.15) is 165 Å². The quantitative estimate of drug-likeness (QED) is 0.0507. The number of rotatable bonds is 21. The van der Waals surface area contributed by atoms with Crippen molar-refractivity contribution in [3.8, 4) is 0 Å². The van der Waals surface area contributed by atoms with Crippen LogP contribution in [0, 0.1) is 0 Å². The Morgan fingerprint density at radius 1 is 0.326 bits per heavy atom. The van der Waals surface area contributed by atoms with E-state index < -0.39 is 272 Å². The summed E-state index contributed by atoms with van der Waals surface area (Å²) >= 11 is 0. The van der Waals surface area contributed by atoms with Crippen molar-refractivity contribution in [1.29, 1.82) is 0 Å². The van der Waals surface area contributed by atoms with Crippen LogP contribution in [-0.4, -0.2) is 369 Å². The molecule has 0 unspecified atom stereocenters. The molecule has 22 N–H and O–H groups in total. The van der Waals surface area contributed by atoms with Gasteiger partial charge >= 0.3 is 0 Å². The lowest BCUT2D eigenvalue weighted by Gasteiger charge is -2.52. The molecule has 0 saturated carbocycles. The Labute approximate surface area is 488 Å². The fourth-order valence-electron chi connectivity index (χ4n) is 11.0. The molecule has 7 aliphatic rings. The Bertz CT molecular complexity index is 2170. The molecule has 7 heterocycles. The van der Waals surface area contributed by atoms with Crippen molar-refractivity contribution in [3.05, 3.63) is 0 Å². The van der Waals surface area contributed by atoms with Crippen molar-refractivity contribution >= 4 is 17.7 Å². The predicted octanol–water partition coefficient (Wildman–Crippen LogP) is -14.8. The molecule has 0 radical (unpaired) electrons. The lowest BCUT2D eigenvalue weighted by molar-refractivity contribution is -0.391. The Balaban J connectivity index is 1.25. The lowest BCUT2D eigenvalue weighted by Crippen LogP contribution is -2.71. The Hall–Kier alpha value is -2.87. The number of nitrogens with one attached hydrogen (secondary N) is 3. The van der Waals surface area contributed by atoms with Gasteiger partial charge in [-0.2, -0.15) is 0 Å². The molecule has 7 aliphatic heterocycles. The van der Waals surface area contributed by atoms with Gasteiger partial charge in [0.2, 0.25) is 17.7 Å². The lowest BCUT2D eigenvalue weighted by atomic mass is 9.93. The van der Waals surface area contributed by atoms with Crippen LogP contribution in [0.15, 0.2) is 0 Å². The van der Waals surface area contributed by atoms with E-state index in [1.54, 1.807) is 0 Å². The third-order valence-electron chi connectivity index (χ3n) is 15.7. The van der Waals surface area contributed by atoms with Gasteiger partial charge in [0.25, 0.3) is 0 Å². The normalized spacial score (nSPS) is 49.4. The van der Waals surface area contributed by atoms with Gasteiger partial charge in [-0.15, -0.1) is 0 Å². The molecule has 7 rings (SSSR count). The number of carbonyl (C=O) groups excluding carboxylic acids is 3. The summed E-state index contributed by atoms with van der Waals surface area (Å²) in [5, 5.41) is 214. The van der Waals surface area contributed by atoms with E-state index in [0.29, 0.717) is 0 Å². The summed E-state index contributed by atoms with van der Waals surface area (Å²) in [6.45, 7) is -1.73. The third kappa shape index (κ3) is 15.4. The van der Waals surface area contributed by atoms with Crippen molar-refractivity contribution in [2.75, 3.05) is 39.6 Å². The molecule has 498 valence electrons. The summed E-state index contributed by atoms with van der Waals surface area (Å²) in [6, 6.07) is -5.40. The first kappa shape index (κ1) is 70.6. The van der Waals surface area contributed by atoms with E-state index >= 15 is 0 Å². The van der Waals surface area contributed by atoms with E-state index in [0.717, 1.165) is 20.8 Å². The fraction of sp³-hybridized carbons (Fsp3) is 0.938. The Kier molecular flexibility index (Phi) is 25.0. The molecule has 38 heteroatoms. The highest BCUT2D eigenvalue weighted by Crippen LogP contribution is 2.38. The van der Waals surface area contributed by atoms with Crippen molar-refractivity contribution in [2.24, 2.45) is 0 Å². The molecular weight excluding hydrogens is 1180 g/mol. The van der Waals surface area contributed by atoms with E-state index in [1.807, 2.05) is 0 Å². The molecule has 0 aromatic heterocycles. The van der Waals surface area contributed by atoms with Crippen LogP contribution in [-0.2, 0) is 76.0 Å². The third-order valence-corrected chi connectivity index (χ3v) is 15.7. The van der Waals surface area contributed by atoms with E-state index in [9.17, 15) is 111 Å². The molecule has 38 nitrogen and oxygen atoms in total. The first-order valence-electron chi connectivity index (χ1n) is 27.5. The number of hydrogen-bond donors (Lipinski definition) is 22. The Morgan fingerprint density at radius 2 is 0.698 bits per heavy atom. The predicted molar refractivity (Wildman–Crippen MR) is 265 cm³/mol. The highest BCUT2D eigenvalue weighted by Gasteiger charge is 2.59. The summed E-state index contributed by atoms with van der Waals surface area (Å²) in [5.74, 6) is -2.62. The molecule has 0 aromatic rings. The van der Waals surface area contributed by atoms with Gasteiger partial charge in [0, 0.05) is 20.8 Å². The van der Waals surface area contributed by atoms with Crippen molar-refractivity contribution in [1.82, 2.24) is 16.0 Å². The second-order valence-corrected chi connectivity index (χ2v) is 21.8. The summed E-state index contributed by atoms with van der Waals surface area (Å²) in [5.41, 5.74) is 0. The molecule has 86 heavy (non-hydrogen) atoms. The van der Waals surface area contributed by atoms with Crippen molar-refractivity contribution in [3.63, 3.8) is 0 Å². The maximum Gasteiger partial charge on any atom is 0.217 e. The van der Waals surface area contributed by atoms with Gasteiger partial charge in [0.05, 0.1) is 45.7 Å². The van der Waals surface area contributed by atoms with Gasteiger partial charge in [-0.05, 0) is 6.92 Å². The summed E-state index contributed by atoms with van der Waals surface area (Å²) < 4.78 is 76.5. The van der Waals surface area contributed by atoms with Gasteiger partial charge in [-0.1, -0.05) is 0 Å². The second kappa shape index (κ2) is 30.5. The van der Waals surface area contributed by atoms with E-state index in [-0.39, 0.29) is 0 Å². The van der Waals surface area contributed by atoms with Crippen LogP contribution in [0.2, 0.25) is 0 Å². The average molecular weight is 1260 g/mol. The largest absolute Gasteiger partial charge is 0.394 e. The first-order chi connectivity index (χ1) is 40.6. The van der Waals surface area contributed by atoms with Gasteiger partial charge in [-0.3, -0.25) is 14.4 Å². The minimum absolute atomic E-state index is 0.827. The average Bonchev–Trinajstić information content (AvgIpc) is 1.10. The SMILES string of the molecule is CC(=O)N[C@@H]1[C@@H](O[C@@H]2O[C@H](CO[C@@H]3O[C@H](CO)[C@@H](O[C@@H]4O[C@H](CO)[C@H](O)[C@H](O)[C@H]4O)[C@H](O)[C@H]3NC(C)=O)[C@H](O)[C@H](O[C@@H]3O[C@H](CO)[C@@H](O[C@@H]4O[C@@H](C)[C@@H](O)[C@@H](O)[C@@H]4O)[C@H](O[C@@H]4O[C@H](CO)[C@H](O)[C@H](O)[C@H]4O)[C@H]3NC(C)=O)[C@H]2O)[C@@H](O)[C@@H](CO)O[C@@H]1O. The van der Waals surface area contributed by atoms with Crippen LogP contribution >= 0.6 is 0 Å². The number of ether oxygens (including phenoxy) is 13. The highest BCUT2D eigenvalue weighted by atomic mass is 16.8. The molecular formula is C48H81N3O35. The Morgan fingerprint density at radius 3 is 1.22 bits per heavy atom. The maximum atomic E-state index is 13.3. The van der Waals surface area contributed by atoms with Gasteiger partial charge in [-0.25, -0.2) is 0 Å². The number of carbonyl (C=O) groups is 3. The molecule has 0 spiro atoms. The molecule has 35 atom stereocenters. The van der Waals surface area contributed by atoms with Crippen LogP contribution in [0.4, 0.5) is 0 Å². The van der Waals surface area contributed by atoms with Crippen LogP contribution in [0.1, 0.15) is 27.7 Å². The van der Waals surface area contributed by atoms with Crippen LogP contribution in [0.25, 0.3) is 0 Å². The standard InChI is InChI=1S/C48H81N3O35/c1-11-24(60)30(66)33(69)45(75-11)83-38-19(9-56)80-44(23(51-14(4)59)40(38)85-47-35(71)32(68)26(62)16(6-53)78-47)86-41-28(64)20(81-48(36(41)72)84-39-22(50-13(3)58)42(73)76-17(7-54)27(39)63)10-74-43-21(49-12(2)57)29(65)37(18(8-55)79-43)82-46-34(70)31(67)25(61)15(5-52)77-46/h11,15-48,52-56,60-73H,5-10H2,1-4H3,(H,49,57)(H,50,58)(H,51,59)/t11-,15+,16+,17+,18+,19+,20+,21+,22+,23+,24+,25-,26-,27-,28-,29+,30+,31-,32-,33-,34+,35+,36+,37+,38+,39+,40+,41-,42-,43+,44-,45-,46-,47-,48-/m0/s1. The van der Waals surface area contributed by atoms with Crippen LogP contribution in [0.5, 0.6) is 0 Å². The molecule has 7 saturated heterocycles. The van der Waals surface area contributed by atoms with Gasteiger partial charge in [0.15, 0.2) is 44.0 Å². The molecule has 0 bridgehead atoms. The minimum Gasteiger partial charge on any atom is -0.394 e. The monoisotopic (exact) mass is 1260 g/mol. The van der Waals surface area contributed by atoms with E-state index in [1.165, 1.54) is 6.92 Å². The summed E-state index contributed by atoms with van der Waals surface area (Å²) in [7, 11) is 0. The highest BCUT2D eigenvalue weighted by molar-refractivity contribution is 5.74. The summed E-state index contributed by atoms with van der Waals surface area (Å²) in [6.07, 6.45) is -62.0. The molecule has 3 amide bonds. The molecule has 7 fully saturated rings. The van der Waals surface area contributed by atoms with Crippen molar-refractivity contribution in [2.45, 2.75) is 242 Å². The smallest absolute Gasteiger partial charge is 0.217 e. The summed E-state index contributed by atoms with van der Waals surface area (Å²) in [4.78, 5) is 38.4. The van der Waals surface area contributed by atoms with E-state index in [2.05, 4.69) is 16.0 Å². The topological polar surface area (TPSA) is 592 Å².